The van der Waals surface area contributed by atoms with Crippen LogP contribution in [0.25, 0.3) is 44.0 Å². The van der Waals surface area contributed by atoms with Crippen molar-refractivity contribution in [2.45, 2.75) is 37.5 Å². The summed E-state index contributed by atoms with van der Waals surface area (Å²) in [4.78, 5) is 2.75. The second-order valence-corrected chi connectivity index (χ2v) is 9.28. The third-order valence-electron chi connectivity index (χ3n) is 6.53. The summed E-state index contributed by atoms with van der Waals surface area (Å²) in [5.74, 6) is 0. The number of aryl methyl sites for hydroxylation is 4. The van der Waals surface area contributed by atoms with E-state index in [4.69, 9.17) is 4.42 Å². The SMILES string of the molecule is Cc1cc(C)c2c(c1C)-c1c3c(c(C)c4c5ccccc5oc4c3cc[n+]1C)S2. The molecule has 3 aromatic carbocycles. The van der Waals surface area contributed by atoms with Crippen LogP contribution < -0.4 is 4.57 Å². The monoisotopic (exact) mass is 396 g/mol. The molecule has 0 amide bonds. The largest absolute Gasteiger partial charge is 0.455 e. The normalized spacial score (nSPS) is 12.9. The molecule has 0 bridgehead atoms. The Kier molecular flexibility index (Phi) is 3.33. The van der Waals surface area contributed by atoms with Crippen LogP contribution in [0.4, 0.5) is 0 Å². The highest BCUT2D eigenvalue weighted by Gasteiger charge is 2.33. The van der Waals surface area contributed by atoms with Gasteiger partial charge in [-0.05, 0) is 56.0 Å². The predicted molar refractivity (Wildman–Crippen MR) is 121 cm³/mol. The van der Waals surface area contributed by atoms with Crippen molar-refractivity contribution in [2.24, 2.45) is 7.05 Å². The van der Waals surface area contributed by atoms with Gasteiger partial charge in [0.05, 0.1) is 10.9 Å². The summed E-state index contributed by atoms with van der Waals surface area (Å²) in [6, 6.07) is 12.9. The molecule has 3 heteroatoms. The van der Waals surface area contributed by atoms with Crippen LogP contribution in [0.1, 0.15) is 22.3 Å². The molecule has 6 rings (SSSR count). The maximum atomic E-state index is 6.41. The number of para-hydroxylation sites is 1. The third kappa shape index (κ3) is 2.06. The topological polar surface area (TPSA) is 17.0 Å². The first-order chi connectivity index (χ1) is 14.0. The van der Waals surface area contributed by atoms with E-state index < -0.39 is 0 Å². The Bertz CT molecular complexity index is 1520. The molecule has 2 aromatic heterocycles. The van der Waals surface area contributed by atoms with Gasteiger partial charge < -0.3 is 4.42 Å². The minimum Gasteiger partial charge on any atom is -0.455 e. The molecule has 0 radical (unpaired) electrons. The van der Waals surface area contributed by atoms with E-state index in [0.717, 1.165) is 11.2 Å². The maximum Gasteiger partial charge on any atom is 0.222 e. The Labute approximate surface area is 174 Å². The van der Waals surface area contributed by atoms with Gasteiger partial charge in [0, 0.05) is 32.0 Å². The van der Waals surface area contributed by atoms with Crippen molar-refractivity contribution in [1.82, 2.24) is 0 Å². The minimum absolute atomic E-state index is 0.962. The fourth-order valence-electron chi connectivity index (χ4n) is 4.99. The first-order valence-electron chi connectivity index (χ1n) is 10.0. The summed E-state index contributed by atoms with van der Waals surface area (Å²) in [5, 5.41) is 4.99. The Balaban J connectivity index is 1.91. The van der Waals surface area contributed by atoms with Crippen molar-refractivity contribution >= 4 is 44.5 Å². The molecule has 0 saturated carbocycles. The number of benzene rings is 3. The van der Waals surface area contributed by atoms with Crippen LogP contribution >= 0.6 is 11.8 Å². The van der Waals surface area contributed by atoms with Crippen molar-refractivity contribution in [1.29, 1.82) is 0 Å². The van der Waals surface area contributed by atoms with Crippen LogP contribution in [0.2, 0.25) is 0 Å². The zero-order valence-corrected chi connectivity index (χ0v) is 18.1. The van der Waals surface area contributed by atoms with Crippen LogP contribution in [-0.4, -0.2) is 0 Å². The van der Waals surface area contributed by atoms with Crippen molar-refractivity contribution in [3.8, 4) is 11.3 Å². The van der Waals surface area contributed by atoms with Crippen LogP contribution in [0.3, 0.4) is 0 Å². The second-order valence-electron chi connectivity index (χ2n) is 8.26. The lowest BCUT2D eigenvalue weighted by Crippen LogP contribution is -2.32. The Morgan fingerprint density at radius 1 is 0.828 bits per heavy atom. The van der Waals surface area contributed by atoms with Gasteiger partial charge in [0.15, 0.2) is 6.20 Å². The van der Waals surface area contributed by atoms with Gasteiger partial charge in [-0.15, -0.1) is 0 Å². The van der Waals surface area contributed by atoms with Crippen molar-refractivity contribution in [2.75, 3.05) is 0 Å². The number of furan rings is 1. The summed E-state index contributed by atoms with van der Waals surface area (Å²) in [6.07, 6.45) is 2.18. The van der Waals surface area contributed by atoms with E-state index >= 15 is 0 Å². The molecule has 29 heavy (non-hydrogen) atoms. The molecule has 5 aromatic rings. The van der Waals surface area contributed by atoms with Crippen LogP contribution in [-0.2, 0) is 7.05 Å². The smallest absolute Gasteiger partial charge is 0.222 e. The molecule has 0 saturated heterocycles. The highest BCUT2D eigenvalue weighted by Crippen LogP contribution is 2.53. The van der Waals surface area contributed by atoms with Gasteiger partial charge in [0.1, 0.15) is 18.2 Å². The number of rotatable bonds is 0. The molecule has 0 N–H and O–H groups in total. The van der Waals surface area contributed by atoms with Crippen molar-refractivity contribution in [3.63, 3.8) is 0 Å². The molecule has 0 aliphatic carbocycles. The predicted octanol–water partition coefficient (Wildman–Crippen LogP) is 6.93. The molecule has 0 fully saturated rings. The van der Waals surface area contributed by atoms with Gasteiger partial charge in [-0.1, -0.05) is 36.0 Å². The fraction of sp³-hybridized carbons (Fsp3) is 0.192. The van der Waals surface area contributed by atoms with E-state index in [2.05, 4.69) is 75.8 Å². The number of fused-ring (bicyclic) bond motifs is 6. The maximum absolute atomic E-state index is 6.41. The van der Waals surface area contributed by atoms with Crippen LogP contribution in [0.15, 0.2) is 56.8 Å². The lowest BCUT2D eigenvalue weighted by atomic mass is 9.92. The van der Waals surface area contributed by atoms with Crippen LogP contribution in [0.5, 0.6) is 0 Å². The highest BCUT2D eigenvalue weighted by molar-refractivity contribution is 8.00. The molecule has 3 heterocycles. The second kappa shape index (κ2) is 5.64. The highest BCUT2D eigenvalue weighted by atomic mass is 32.2. The fourth-order valence-corrected chi connectivity index (χ4v) is 6.33. The molecule has 2 nitrogen and oxygen atoms in total. The molecular weight excluding hydrogens is 374 g/mol. The number of hydrogen-bond donors (Lipinski definition) is 0. The van der Waals surface area contributed by atoms with E-state index in [9.17, 15) is 0 Å². The average Bonchev–Trinajstić information content (AvgIpc) is 3.10. The summed E-state index contributed by atoms with van der Waals surface area (Å²) < 4.78 is 8.69. The first kappa shape index (κ1) is 17.1. The lowest BCUT2D eigenvalue weighted by Gasteiger charge is -2.24. The molecular formula is C26H22NOS+. The van der Waals surface area contributed by atoms with E-state index in [1.165, 1.54) is 64.8 Å². The third-order valence-corrected chi connectivity index (χ3v) is 7.98. The Morgan fingerprint density at radius 2 is 1.62 bits per heavy atom. The molecule has 0 atom stereocenters. The molecule has 1 aliphatic rings. The van der Waals surface area contributed by atoms with E-state index in [-0.39, 0.29) is 0 Å². The standard InChI is InChI=1S/C26H22NOS/c1-13-12-14(2)25-21(15(13)3)23-22-18(10-11-27(23)5)24-20(16(4)26(22)29-25)17-8-6-7-9-19(17)28-24/h6-12H,1-5H3/q+1. The van der Waals surface area contributed by atoms with E-state index in [1.807, 2.05) is 17.8 Å². The van der Waals surface area contributed by atoms with Gasteiger partial charge in [0.2, 0.25) is 5.69 Å². The van der Waals surface area contributed by atoms with Gasteiger partial charge in [-0.3, -0.25) is 0 Å². The molecule has 1 aliphatic heterocycles. The van der Waals surface area contributed by atoms with Gasteiger partial charge in [0.25, 0.3) is 0 Å². The zero-order chi connectivity index (χ0) is 20.0. The van der Waals surface area contributed by atoms with E-state index in [1.54, 1.807) is 0 Å². The summed E-state index contributed by atoms with van der Waals surface area (Å²) in [5.41, 5.74) is 10.0. The molecule has 0 unspecified atom stereocenters. The number of aromatic nitrogens is 1. The van der Waals surface area contributed by atoms with Crippen molar-refractivity contribution < 1.29 is 8.98 Å². The minimum atomic E-state index is 0.962. The molecule has 0 spiro atoms. The van der Waals surface area contributed by atoms with Gasteiger partial charge >= 0.3 is 0 Å². The van der Waals surface area contributed by atoms with Crippen molar-refractivity contribution in [3.05, 3.63) is 64.8 Å². The number of pyridine rings is 1. The average molecular weight is 397 g/mol. The Hall–Kier alpha value is -2.78. The zero-order valence-electron chi connectivity index (χ0n) is 17.3. The molecule has 142 valence electrons. The number of nitrogens with zero attached hydrogens (tertiary/aromatic N) is 1. The number of hydrogen-bond acceptors (Lipinski definition) is 2. The summed E-state index contributed by atoms with van der Waals surface area (Å²) in [6.45, 7) is 8.97. The first-order valence-corrected chi connectivity index (χ1v) is 10.8. The Morgan fingerprint density at radius 3 is 2.45 bits per heavy atom. The quantitative estimate of drug-likeness (QED) is 0.259. The summed E-state index contributed by atoms with van der Waals surface area (Å²) >= 11 is 1.93. The van der Waals surface area contributed by atoms with Gasteiger partial charge in [-0.25, -0.2) is 4.57 Å². The summed E-state index contributed by atoms with van der Waals surface area (Å²) in [7, 11) is 2.16. The van der Waals surface area contributed by atoms with Crippen LogP contribution in [0, 0.1) is 27.7 Å². The van der Waals surface area contributed by atoms with Gasteiger partial charge in [-0.2, -0.15) is 0 Å². The lowest BCUT2D eigenvalue weighted by molar-refractivity contribution is -0.659. The van der Waals surface area contributed by atoms with E-state index in [0.29, 0.717) is 0 Å².